The van der Waals surface area contributed by atoms with Gasteiger partial charge in [-0.3, -0.25) is 14.2 Å². The Kier molecular flexibility index (Phi) is 3.90. The van der Waals surface area contributed by atoms with Crippen LogP contribution in [-0.2, 0) is 24.2 Å². The molecule has 1 amide bonds. The van der Waals surface area contributed by atoms with E-state index in [1.54, 1.807) is 11.3 Å². The zero-order chi connectivity index (χ0) is 15.8. The number of aromatic nitrogens is 2. The minimum absolute atomic E-state index is 0.00107. The van der Waals surface area contributed by atoms with Crippen LogP contribution in [0, 0.1) is 0 Å². The summed E-state index contributed by atoms with van der Waals surface area (Å²) in [6, 6.07) is 0. The Balaban J connectivity index is 1.66. The van der Waals surface area contributed by atoms with Gasteiger partial charge in [-0.05, 0) is 31.2 Å². The van der Waals surface area contributed by atoms with Crippen molar-refractivity contribution in [3.63, 3.8) is 0 Å². The van der Waals surface area contributed by atoms with Crippen molar-refractivity contribution in [3.05, 3.63) is 27.1 Å². The van der Waals surface area contributed by atoms with Crippen molar-refractivity contribution >= 4 is 27.5 Å². The number of nitrogens with zero attached hydrogens (tertiary/aromatic N) is 3. The number of rotatable bonds is 2. The van der Waals surface area contributed by atoms with Gasteiger partial charge in [-0.2, -0.15) is 0 Å². The number of fused-ring (bicyclic) bond motifs is 3. The quantitative estimate of drug-likeness (QED) is 0.882. The average molecular weight is 332 g/mol. The Hall–Kier alpha value is -1.73. The Bertz CT molecular complexity index is 804. The summed E-state index contributed by atoms with van der Waals surface area (Å²) in [6.07, 6.45) is 5.87. The minimum Gasteiger partial charge on any atom is -0.339 e. The fourth-order valence-electron chi connectivity index (χ4n) is 3.45. The molecule has 1 fully saturated rings. The van der Waals surface area contributed by atoms with Crippen LogP contribution < -0.4 is 10.9 Å². The van der Waals surface area contributed by atoms with E-state index < -0.39 is 0 Å². The van der Waals surface area contributed by atoms with Gasteiger partial charge in [0, 0.05) is 31.1 Å². The Morgan fingerprint density at radius 1 is 1.26 bits per heavy atom. The molecule has 2 aromatic rings. The fraction of sp³-hybridized carbons (Fsp3) is 0.562. The summed E-state index contributed by atoms with van der Waals surface area (Å²) in [5.41, 5.74) is 1.12. The molecule has 7 heteroatoms. The third kappa shape index (κ3) is 2.68. The molecule has 0 saturated carbocycles. The molecule has 1 saturated heterocycles. The second-order valence-electron chi connectivity index (χ2n) is 6.20. The van der Waals surface area contributed by atoms with Crippen LogP contribution in [0.25, 0.3) is 10.2 Å². The van der Waals surface area contributed by atoms with Crippen molar-refractivity contribution in [2.24, 2.45) is 0 Å². The normalized spacial score (nSPS) is 18.2. The molecule has 0 unspecified atom stereocenters. The zero-order valence-corrected chi connectivity index (χ0v) is 13.8. The maximum atomic E-state index is 12.8. The molecule has 0 aromatic carbocycles. The van der Waals surface area contributed by atoms with E-state index in [0.29, 0.717) is 13.1 Å². The standard InChI is InChI=1S/C16H20N4O2S/c21-13(19-7-5-17-6-8-19)9-20-10-18-15-14(16(20)22)11-3-1-2-4-12(11)23-15/h10,17H,1-9H2. The first-order chi connectivity index (χ1) is 11.2. The SMILES string of the molecule is O=C(Cn1cnc2sc3c(c2c1=O)CCCC3)N1CCNCC1. The van der Waals surface area contributed by atoms with Crippen molar-refractivity contribution in [1.29, 1.82) is 0 Å². The first kappa shape index (κ1) is 14.8. The van der Waals surface area contributed by atoms with Gasteiger partial charge in [0.25, 0.3) is 5.56 Å². The maximum Gasteiger partial charge on any atom is 0.262 e. The number of aryl methyl sites for hydroxylation is 2. The zero-order valence-electron chi connectivity index (χ0n) is 13.0. The van der Waals surface area contributed by atoms with E-state index in [-0.39, 0.29) is 18.0 Å². The third-order valence-corrected chi connectivity index (χ3v) is 5.92. The van der Waals surface area contributed by atoms with Crippen LogP contribution in [-0.4, -0.2) is 46.5 Å². The minimum atomic E-state index is -0.0575. The van der Waals surface area contributed by atoms with Gasteiger partial charge in [-0.25, -0.2) is 4.98 Å². The Morgan fingerprint density at radius 3 is 2.87 bits per heavy atom. The van der Waals surface area contributed by atoms with Crippen molar-refractivity contribution < 1.29 is 4.79 Å². The molecule has 2 aromatic heterocycles. The Morgan fingerprint density at radius 2 is 2.04 bits per heavy atom. The lowest BCUT2D eigenvalue weighted by Gasteiger charge is -2.27. The van der Waals surface area contributed by atoms with Crippen LogP contribution in [0.3, 0.4) is 0 Å². The highest BCUT2D eigenvalue weighted by atomic mass is 32.1. The highest BCUT2D eigenvalue weighted by Gasteiger charge is 2.22. The van der Waals surface area contributed by atoms with Gasteiger partial charge in [0.1, 0.15) is 11.4 Å². The molecule has 23 heavy (non-hydrogen) atoms. The second kappa shape index (κ2) is 6.05. The summed E-state index contributed by atoms with van der Waals surface area (Å²) < 4.78 is 1.48. The van der Waals surface area contributed by atoms with Crippen LogP contribution >= 0.6 is 11.3 Å². The van der Waals surface area contributed by atoms with Crippen molar-refractivity contribution in [2.45, 2.75) is 32.2 Å². The van der Waals surface area contributed by atoms with Crippen molar-refractivity contribution in [2.75, 3.05) is 26.2 Å². The molecule has 1 aliphatic heterocycles. The molecule has 0 spiro atoms. The topological polar surface area (TPSA) is 67.2 Å². The molecule has 1 N–H and O–H groups in total. The average Bonchev–Trinajstić information content (AvgIpc) is 2.97. The number of carbonyl (C=O) groups excluding carboxylic acids is 1. The number of hydrogen-bond donors (Lipinski definition) is 1. The summed E-state index contributed by atoms with van der Waals surface area (Å²) >= 11 is 1.64. The summed E-state index contributed by atoms with van der Waals surface area (Å²) in [7, 11) is 0. The lowest BCUT2D eigenvalue weighted by atomic mass is 9.97. The fourth-order valence-corrected chi connectivity index (χ4v) is 4.67. The summed E-state index contributed by atoms with van der Waals surface area (Å²) in [5, 5.41) is 3.98. The van der Waals surface area contributed by atoms with Crippen molar-refractivity contribution in [1.82, 2.24) is 19.8 Å². The number of amides is 1. The van der Waals surface area contributed by atoms with Gasteiger partial charge >= 0.3 is 0 Å². The van der Waals surface area contributed by atoms with Gasteiger partial charge in [0.2, 0.25) is 5.91 Å². The molecule has 0 bridgehead atoms. The predicted molar refractivity (Wildman–Crippen MR) is 90.0 cm³/mol. The number of carbonyl (C=O) groups is 1. The predicted octanol–water partition coefficient (Wildman–Crippen LogP) is 0.769. The van der Waals surface area contributed by atoms with Crippen LogP contribution in [0.2, 0.25) is 0 Å². The molecule has 0 atom stereocenters. The van der Waals surface area contributed by atoms with Gasteiger partial charge in [0.15, 0.2) is 0 Å². The second-order valence-corrected chi connectivity index (χ2v) is 7.28. The van der Waals surface area contributed by atoms with E-state index in [4.69, 9.17) is 0 Å². The molecule has 122 valence electrons. The number of thiophene rings is 1. The number of piperazine rings is 1. The van der Waals surface area contributed by atoms with Gasteiger partial charge in [-0.1, -0.05) is 0 Å². The molecular formula is C16H20N4O2S. The van der Waals surface area contributed by atoms with Crippen LogP contribution in [0.4, 0.5) is 0 Å². The first-order valence-corrected chi connectivity index (χ1v) is 9.04. The summed E-state index contributed by atoms with van der Waals surface area (Å²) in [5.74, 6) is -0.00107. The summed E-state index contributed by atoms with van der Waals surface area (Å²) in [4.78, 5) is 33.6. The van der Waals surface area contributed by atoms with Crippen molar-refractivity contribution in [3.8, 4) is 0 Å². The van der Waals surface area contributed by atoms with Gasteiger partial charge in [-0.15, -0.1) is 11.3 Å². The molecule has 1 aliphatic carbocycles. The van der Waals surface area contributed by atoms with E-state index in [1.807, 2.05) is 4.90 Å². The third-order valence-electron chi connectivity index (χ3n) is 4.72. The van der Waals surface area contributed by atoms with Crippen LogP contribution in [0.1, 0.15) is 23.3 Å². The smallest absolute Gasteiger partial charge is 0.262 e. The molecular weight excluding hydrogens is 312 g/mol. The lowest BCUT2D eigenvalue weighted by molar-refractivity contribution is -0.132. The summed E-state index contributed by atoms with van der Waals surface area (Å²) in [6.45, 7) is 3.13. The maximum absolute atomic E-state index is 12.8. The Labute approximate surface area is 138 Å². The molecule has 0 radical (unpaired) electrons. The monoisotopic (exact) mass is 332 g/mol. The molecule has 6 nitrogen and oxygen atoms in total. The highest BCUT2D eigenvalue weighted by molar-refractivity contribution is 7.18. The van der Waals surface area contributed by atoms with E-state index in [1.165, 1.54) is 27.8 Å². The van der Waals surface area contributed by atoms with E-state index in [9.17, 15) is 9.59 Å². The van der Waals surface area contributed by atoms with Gasteiger partial charge < -0.3 is 10.2 Å². The lowest BCUT2D eigenvalue weighted by Crippen LogP contribution is -2.48. The van der Waals surface area contributed by atoms with Crippen LogP contribution in [0.15, 0.2) is 11.1 Å². The number of nitrogens with one attached hydrogen (secondary N) is 1. The van der Waals surface area contributed by atoms with Gasteiger partial charge in [0.05, 0.1) is 11.7 Å². The molecule has 3 heterocycles. The highest BCUT2D eigenvalue weighted by Crippen LogP contribution is 2.33. The molecule has 2 aliphatic rings. The van der Waals surface area contributed by atoms with E-state index in [0.717, 1.165) is 42.6 Å². The molecule has 4 rings (SSSR count). The first-order valence-electron chi connectivity index (χ1n) is 8.22. The number of hydrogen-bond acceptors (Lipinski definition) is 5. The van der Waals surface area contributed by atoms with Crippen LogP contribution in [0.5, 0.6) is 0 Å². The van der Waals surface area contributed by atoms with E-state index in [2.05, 4.69) is 10.3 Å². The largest absolute Gasteiger partial charge is 0.339 e. The van der Waals surface area contributed by atoms with E-state index >= 15 is 0 Å².